The average Bonchev–Trinajstić information content (AvgIpc) is 2.90. The van der Waals surface area contributed by atoms with Gasteiger partial charge in [0.15, 0.2) is 5.60 Å². The van der Waals surface area contributed by atoms with E-state index in [4.69, 9.17) is 4.74 Å². The van der Waals surface area contributed by atoms with E-state index in [1.807, 2.05) is 0 Å². The van der Waals surface area contributed by atoms with Crippen molar-refractivity contribution in [3.63, 3.8) is 0 Å². The first kappa shape index (κ1) is 17.0. The zero-order chi connectivity index (χ0) is 16.5. The van der Waals surface area contributed by atoms with Crippen molar-refractivity contribution in [3.05, 3.63) is 22.4 Å². The monoisotopic (exact) mass is 336 g/mol. The number of alkyl halides is 3. The van der Waals surface area contributed by atoms with E-state index < -0.39 is 41.8 Å². The summed E-state index contributed by atoms with van der Waals surface area (Å²) in [6, 6.07) is 3.17. The van der Waals surface area contributed by atoms with Gasteiger partial charge in [-0.15, -0.1) is 11.3 Å². The van der Waals surface area contributed by atoms with E-state index in [1.165, 1.54) is 6.92 Å². The Morgan fingerprint density at radius 3 is 2.73 bits per heavy atom. The van der Waals surface area contributed by atoms with Crippen molar-refractivity contribution < 1.29 is 32.6 Å². The number of carbonyl (C=O) groups excluding carboxylic acids is 2. The minimum Gasteiger partial charge on any atom is -0.466 e. The first-order valence-electron chi connectivity index (χ1n) is 6.71. The number of Topliss-reactive ketones (excluding diaryl/α,β-unsaturated/α-hetero) is 1. The number of esters is 1. The molecule has 1 aliphatic carbocycles. The number of rotatable bonds is 3. The van der Waals surface area contributed by atoms with E-state index in [0.29, 0.717) is 4.88 Å². The Morgan fingerprint density at radius 1 is 1.55 bits per heavy atom. The average molecular weight is 336 g/mol. The Morgan fingerprint density at radius 2 is 2.23 bits per heavy atom. The lowest BCUT2D eigenvalue weighted by Crippen LogP contribution is -2.60. The summed E-state index contributed by atoms with van der Waals surface area (Å²) < 4.78 is 44.8. The van der Waals surface area contributed by atoms with Gasteiger partial charge in [0, 0.05) is 23.6 Å². The molecule has 1 N–H and O–H groups in total. The Labute approximate surface area is 128 Å². The molecule has 1 heterocycles. The normalized spacial score (nSPS) is 29.4. The second-order valence-electron chi connectivity index (χ2n) is 5.19. The van der Waals surface area contributed by atoms with Crippen LogP contribution in [-0.4, -0.2) is 35.2 Å². The molecule has 1 aromatic rings. The number of carbonyl (C=O) groups is 2. The van der Waals surface area contributed by atoms with Crippen LogP contribution in [0.15, 0.2) is 17.5 Å². The molecule has 0 aromatic carbocycles. The summed E-state index contributed by atoms with van der Waals surface area (Å²) in [5.41, 5.74) is -3.40. The molecule has 0 spiro atoms. The highest BCUT2D eigenvalue weighted by molar-refractivity contribution is 7.10. The van der Waals surface area contributed by atoms with Gasteiger partial charge in [0.05, 0.1) is 6.61 Å². The van der Waals surface area contributed by atoms with Crippen LogP contribution in [0, 0.1) is 5.92 Å². The number of thiophene rings is 1. The van der Waals surface area contributed by atoms with E-state index in [9.17, 15) is 27.9 Å². The smallest absolute Gasteiger partial charge is 0.418 e. The van der Waals surface area contributed by atoms with Crippen molar-refractivity contribution in [1.82, 2.24) is 0 Å². The van der Waals surface area contributed by atoms with Gasteiger partial charge in [-0.05, 0) is 18.4 Å². The highest BCUT2D eigenvalue weighted by Crippen LogP contribution is 2.51. The molecule has 0 saturated heterocycles. The molecule has 0 bridgehead atoms. The molecule has 122 valence electrons. The summed E-state index contributed by atoms with van der Waals surface area (Å²) in [6.07, 6.45) is -6.44. The van der Waals surface area contributed by atoms with Crippen LogP contribution in [0.3, 0.4) is 0 Å². The van der Waals surface area contributed by atoms with E-state index in [-0.39, 0.29) is 13.0 Å². The van der Waals surface area contributed by atoms with Gasteiger partial charge in [-0.25, -0.2) is 0 Å². The van der Waals surface area contributed by atoms with Gasteiger partial charge < -0.3 is 9.84 Å². The van der Waals surface area contributed by atoms with Crippen molar-refractivity contribution >= 4 is 23.1 Å². The fourth-order valence-electron chi connectivity index (χ4n) is 2.81. The maximum Gasteiger partial charge on any atom is 0.418 e. The molecule has 1 aliphatic rings. The van der Waals surface area contributed by atoms with Crippen LogP contribution in [0.2, 0.25) is 0 Å². The predicted octanol–water partition coefficient (Wildman–Crippen LogP) is 2.67. The van der Waals surface area contributed by atoms with Gasteiger partial charge in [-0.2, -0.15) is 13.2 Å². The third-order valence-electron chi connectivity index (χ3n) is 3.77. The van der Waals surface area contributed by atoms with Crippen molar-refractivity contribution in [1.29, 1.82) is 0 Å². The fourth-order valence-corrected chi connectivity index (χ4v) is 3.68. The van der Waals surface area contributed by atoms with Gasteiger partial charge in [-0.3, -0.25) is 9.59 Å². The summed E-state index contributed by atoms with van der Waals surface area (Å²) in [7, 11) is 0. The molecule has 4 nitrogen and oxygen atoms in total. The van der Waals surface area contributed by atoms with Crippen LogP contribution in [-0.2, 0) is 14.3 Å². The maximum absolute atomic E-state index is 13.4. The number of hydrogen-bond acceptors (Lipinski definition) is 5. The third kappa shape index (κ3) is 2.89. The van der Waals surface area contributed by atoms with Gasteiger partial charge >= 0.3 is 12.1 Å². The Kier molecular flexibility index (Phi) is 4.62. The number of ketones is 1. The molecule has 8 heteroatoms. The molecule has 1 saturated carbocycles. The number of ether oxygens (including phenoxy) is 1. The van der Waals surface area contributed by atoms with Crippen molar-refractivity contribution in [2.45, 2.75) is 37.5 Å². The Hall–Kier alpha value is -1.41. The summed E-state index contributed by atoms with van der Waals surface area (Å²) in [4.78, 5) is 24.3. The van der Waals surface area contributed by atoms with E-state index in [2.05, 4.69) is 0 Å². The molecular formula is C14H15F3O4S. The van der Waals surface area contributed by atoms with Crippen molar-refractivity contribution in [2.24, 2.45) is 5.92 Å². The largest absolute Gasteiger partial charge is 0.466 e. The number of aliphatic hydroxyl groups is 1. The van der Waals surface area contributed by atoms with E-state index >= 15 is 0 Å². The SMILES string of the molecule is CCOC(=O)[C@H]1[C@@H](c2cccs2)CC(=O)C[C@@]1(O)C(F)(F)F. The van der Waals surface area contributed by atoms with Gasteiger partial charge in [-0.1, -0.05) is 6.07 Å². The lowest BCUT2D eigenvalue weighted by molar-refractivity contribution is -0.285. The summed E-state index contributed by atoms with van der Waals surface area (Å²) in [5, 5.41) is 11.8. The molecule has 0 amide bonds. The van der Waals surface area contributed by atoms with Gasteiger partial charge in [0.2, 0.25) is 0 Å². The minimum absolute atomic E-state index is 0.103. The Balaban J connectivity index is 2.51. The molecule has 0 unspecified atom stereocenters. The first-order chi connectivity index (χ1) is 10.2. The summed E-state index contributed by atoms with van der Waals surface area (Å²) in [5.74, 6) is -4.73. The maximum atomic E-state index is 13.4. The third-order valence-corrected chi connectivity index (χ3v) is 4.78. The van der Waals surface area contributed by atoms with E-state index in [0.717, 1.165) is 11.3 Å². The van der Waals surface area contributed by atoms with Crippen LogP contribution < -0.4 is 0 Å². The molecule has 2 rings (SSSR count). The highest BCUT2D eigenvalue weighted by Gasteiger charge is 2.66. The van der Waals surface area contributed by atoms with Crippen LogP contribution >= 0.6 is 11.3 Å². The molecule has 1 fully saturated rings. The number of halogens is 3. The fraction of sp³-hybridized carbons (Fsp3) is 0.571. The standard InChI is InChI=1S/C14H15F3O4S/c1-2-21-12(19)11-9(10-4-3-5-22-10)6-8(18)7-13(11,20)14(15,16)17/h3-5,9,11,20H,2,6-7H2,1H3/t9-,11-,13+/m1/s1. The lowest BCUT2D eigenvalue weighted by atomic mass is 9.67. The van der Waals surface area contributed by atoms with Crippen LogP contribution in [0.25, 0.3) is 0 Å². The molecule has 0 aliphatic heterocycles. The molecule has 22 heavy (non-hydrogen) atoms. The van der Waals surface area contributed by atoms with Crippen molar-refractivity contribution in [3.8, 4) is 0 Å². The highest BCUT2D eigenvalue weighted by atomic mass is 32.1. The molecule has 3 atom stereocenters. The van der Waals surface area contributed by atoms with Crippen LogP contribution in [0.1, 0.15) is 30.6 Å². The molecule has 1 aromatic heterocycles. The predicted molar refractivity (Wildman–Crippen MR) is 72.4 cm³/mol. The number of hydrogen-bond donors (Lipinski definition) is 1. The summed E-state index contributed by atoms with van der Waals surface area (Å²) in [6.45, 7) is 1.37. The quantitative estimate of drug-likeness (QED) is 0.862. The molecular weight excluding hydrogens is 321 g/mol. The first-order valence-corrected chi connectivity index (χ1v) is 7.59. The second-order valence-corrected chi connectivity index (χ2v) is 6.17. The minimum atomic E-state index is -5.10. The topological polar surface area (TPSA) is 63.6 Å². The second kappa shape index (κ2) is 6.00. The Bertz CT molecular complexity index is 555. The molecule has 0 radical (unpaired) electrons. The van der Waals surface area contributed by atoms with Crippen LogP contribution in [0.4, 0.5) is 13.2 Å². The van der Waals surface area contributed by atoms with E-state index in [1.54, 1.807) is 17.5 Å². The zero-order valence-corrected chi connectivity index (χ0v) is 12.5. The van der Waals surface area contributed by atoms with Gasteiger partial charge in [0.25, 0.3) is 0 Å². The zero-order valence-electron chi connectivity index (χ0n) is 11.7. The summed E-state index contributed by atoms with van der Waals surface area (Å²) >= 11 is 1.14. The lowest BCUT2D eigenvalue weighted by Gasteiger charge is -2.42. The van der Waals surface area contributed by atoms with Crippen LogP contribution in [0.5, 0.6) is 0 Å². The van der Waals surface area contributed by atoms with Gasteiger partial charge in [0.1, 0.15) is 11.7 Å². The van der Waals surface area contributed by atoms with Crippen molar-refractivity contribution in [2.75, 3.05) is 6.61 Å².